The number of carbonyl (C=O) groups excluding carboxylic acids is 1. The Morgan fingerprint density at radius 3 is 2.54 bits per heavy atom. The molecule has 0 aromatic heterocycles. The van der Waals surface area contributed by atoms with Gasteiger partial charge < -0.3 is 14.8 Å². The van der Waals surface area contributed by atoms with E-state index in [0.29, 0.717) is 29.4 Å². The van der Waals surface area contributed by atoms with Crippen molar-refractivity contribution in [3.8, 4) is 11.5 Å². The number of amides is 1. The predicted molar refractivity (Wildman–Crippen MR) is 96.9 cm³/mol. The fourth-order valence-electron chi connectivity index (χ4n) is 2.06. The summed E-state index contributed by atoms with van der Waals surface area (Å²) in [6, 6.07) is 14.4. The molecule has 0 bridgehead atoms. The van der Waals surface area contributed by atoms with Crippen LogP contribution in [0.15, 0.2) is 60.7 Å². The molecular weight excluding hydrogens is 302 g/mol. The molecular formula is C20H23NO3. The van der Waals surface area contributed by atoms with Crippen LogP contribution in [-0.2, 0) is 0 Å². The summed E-state index contributed by atoms with van der Waals surface area (Å²) in [6.45, 7) is 10.0. The second-order valence-corrected chi connectivity index (χ2v) is 5.92. The van der Waals surface area contributed by atoms with Gasteiger partial charge >= 0.3 is 0 Å². The number of rotatable bonds is 7. The van der Waals surface area contributed by atoms with Crippen molar-refractivity contribution >= 4 is 11.6 Å². The highest BCUT2D eigenvalue weighted by Gasteiger charge is 2.08. The van der Waals surface area contributed by atoms with Crippen molar-refractivity contribution in [2.24, 2.45) is 0 Å². The Morgan fingerprint density at radius 1 is 1.12 bits per heavy atom. The van der Waals surface area contributed by atoms with E-state index in [1.54, 1.807) is 24.3 Å². The summed E-state index contributed by atoms with van der Waals surface area (Å²) in [6.07, 6.45) is 0.0606. The van der Waals surface area contributed by atoms with Gasteiger partial charge in [-0.15, -0.1) is 0 Å². The highest BCUT2D eigenvalue weighted by molar-refractivity contribution is 6.04. The molecule has 2 aromatic carbocycles. The van der Waals surface area contributed by atoms with Gasteiger partial charge in [0, 0.05) is 17.3 Å². The first kappa shape index (κ1) is 17.6. The lowest BCUT2D eigenvalue weighted by atomic mass is 10.2. The topological polar surface area (TPSA) is 47.6 Å². The summed E-state index contributed by atoms with van der Waals surface area (Å²) in [5.74, 6) is 1.17. The van der Waals surface area contributed by atoms with Crippen LogP contribution in [0.1, 0.15) is 31.1 Å². The minimum absolute atomic E-state index is 0.0606. The number of carbonyl (C=O) groups is 1. The molecule has 0 saturated carbocycles. The molecule has 0 fully saturated rings. The van der Waals surface area contributed by atoms with Crippen LogP contribution in [0, 0.1) is 0 Å². The standard InChI is InChI=1S/C20H23NO3/c1-14(2)13-23-18-9-6-8-17(12-18)21-20(22)16-7-5-10-19(11-16)24-15(3)4/h5-12,15H,1,13H2,2-4H3,(H,21,22). The van der Waals surface area contributed by atoms with Gasteiger partial charge in [0.05, 0.1) is 6.10 Å². The highest BCUT2D eigenvalue weighted by Crippen LogP contribution is 2.20. The molecule has 4 nitrogen and oxygen atoms in total. The van der Waals surface area contributed by atoms with Crippen LogP contribution in [0.5, 0.6) is 11.5 Å². The van der Waals surface area contributed by atoms with Gasteiger partial charge in [-0.2, -0.15) is 0 Å². The van der Waals surface area contributed by atoms with Crippen LogP contribution in [0.4, 0.5) is 5.69 Å². The van der Waals surface area contributed by atoms with Crippen LogP contribution in [0.3, 0.4) is 0 Å². The molecule has 126 valence electrons. The fourth-order valence-corrected chi connectivity index (χ4v) is 2.06. The number of nitrogens with one attached hydrogen (secondary N) is 1. The molecule has 24 heavy (non-hydrogen) atoms. The Kier molecular flexibility index (Phi) is 6.01. The van der Waals surface area contributed by atoms with Crippen LogP contribution >= 0.6 is 0 Å². The van der Waals surface area contributed by atoms with Gasteiger partial charge in [-0.1, -0.05) is 18.7 Å². The summed E-state index contributed by atoms with van der Waals surface area (Å²) in [5, 5.41) is 2.87. The first-order valence-electron chi connectivity index (χ1n) is 7.89. The Balaban J connectivity index is 2.06. The maximum absolute atomic E-state index is 12.4. The molecule has 0 heterocycles. The number of hydrogen-bond acceptors (Lipinski definition) is 3. The average Bonchev–Trinajstić information content (AvgIpc) is 2.53. The average molecular weight is 325 g/mol. The Bertz CT molecular complexity index is 722. The van der Waals surface area contributed by atoms with E-state index in [9.17, 15) is 4.79 Å². The normalized spacial score (nSPS) is 10.3. The van der Waals surface area contributed by atoms with Crippen LogP contribution in [-0.4, -0.2) is 18.6 Å². The molecule has 0 saturated heterocycles. The number of ether oxygens (including phenoxy) is 2. The first-order chi connectivity index (χ1) is 11.4. The molecule has 1 N–H and O–H groups in total. The van der Waals surface area contributed by atoms with Crippen LogP contribution in [0.2, 0.25) is 0 Å². The summed E-state index contributed by atoms with van der Waals surface area (Å²) >= 11 is 0. The number of anilines is 1. The summed E-state index contributed by atoms with van der Waals surface area (Å²) in [7, 11) is 0. The molecule has 0 aliphatic rings. The monoisotopic (exact) mass is 325 g/mol. The predicted octanol–water partition coefficient (Wildman–Crippen LogP) is 4.68. The van der Waals surface area contributed by atoms with Crippen LogP contribution < -0.4 is 14.8 Å². The van der Waals surface area contributed by atoms with E-state index in [2.05, 4.69) is 11.9 Å². The zero-order chi connectivity index (χ0) is 17.5. The SMILES string of the molecule is C=C(C)COc1cccc(NC(=O)c2cccc(OC(C)C)c2)c1. The number of benzene rings is 2. The van der Waals surface area contributed by atoms with E-state index in [1.807, 2.05) is 45.0 Å². The molecule has 0 radical (unpaired) electrons. The third-order valence-corrected chi connectivity index (χ3v) is 3.05. The van der Waals surface area contributed by atoms with Gasteiger partial charge in [-0.25, -0.2) is 0 Å². The first-order valence-corrected chi connectivity index (χ1v) is 7.89. The number of hydrogen-bond donors (Lipinski definition) is 1. The lowest BCUT2D eigenvalue weighted by Crippen LogP contribution is -2.13. The maximum atomic E-state index is 12.4. The van der Waals surface area contributed by atoms with E-state index >= 15 is 0 Å². The molecule has 4 heteroatoms. The van der Waals surface area contributed by atoms with Gasteiger partial charge in [-0.05, 0) is 56.7 Å². The van der Waals surface area contributed by atoms with E-state index in [0.717, 1.165) is 5.57 Å². The second kappa shape index (κ2) is 8.20. The summed E-state index contributed by atoms with van der Waals surface area (Å²) in [4.78, 5) is 12.4. The van der Waals surface area contributed by atoms with Gasteiger partial charge in [0.15, 0.2) is 0 Å². The van der Waals surface area contributed by atoms with Gasteiger partial charge in [0.1, 0.15) is 18.1 Å². The largest absolute Gasteiger partial charge is 0.491 e. The smallest absolute Gasteiger partial charge is 0.255 e. The molecule has 0 aliphatic carbocycles. The molecule has 0 spiro atoms. The van der Waals surface area contributed by atoms with E-state index in [-0.39, 0.29) is 12.0 Å². The van der Waals surface area contributed by atoms with Crippen molar-refractivity contribution < 1.29 is 14.3 Å². The van der Waals surface area contributed by atoms with E-state index in [4.69, 9.17) is 9.47 Å². The van der Waals surface area contributed by atoms with Crippen molar-refractivity contribution in [1.82, 2.24) is 0 Å². The van der Waals surface area contributed by atoms with Crippen molar-refractivity contribution in [1.29, 1.82) is 0 Å². The molecule has 0 atom stereocenters. The van der Waals surface area contributed by atoms with Gasteiger partial charge in [0.25, 0.3) is 5.91 Å². The van der Waals surface area contributed by atoms with Crippen LogP contribution in [0.25, 0.3) is 0 Å². The third-order valence-electron chi connectivity index (χ3n) is 3.05. The molecule has 0 unspecified atom stereocenters. The maximum Gasteiger partial charge on any atom is 0.255 e. The lowest BCUT2D eigenvalue weighted by Gasteiger charge is -2.12. The molecule has 1 amide bonds. The second-order valence-electron chi connectivity index (χ2n) is 5.92. The molecule has 2 aromatic rings. The van der Waals surface area contributed by atoms with E-state index in [1.165, 1.54) is 0 Å². The Labute approximate surface area is 143 Å². The minimum atomic E-state index is -0.193. The zero-order valence-electron chi connectivity index (χ0n) is 14.3. The van der Waals surface area contributed by atoms with Crippen molar-refractivity contribution in [2.45, 2.75) is 26.9 Å². The third kappa shape index (κ3) is 5.47. The van der Waals surface area contributed by atoms with Crippen molar-refractivity contribution in [2.75, 3.05) is 11.9 Å². The quantitative estimate of drug-likeness (QED) is 0.752. The summed E-state index contributed by atoms with van der Waals surface area (Å²) in [5.41, 5.74) is 2.15. The Morgan fingerprint density at radius 2 is 1.83 bits per heavy atom. The fraction of sp³-hybridized carbons (Fsp3) is 0.250. The van der Waals surface area contributed by atoms with Gasteiger partial charge in [0.2, 0.25) is 0 Å². The van der Waals surface area contributed by atoms with E-state index < -0.39 is 0 Å². The van der Waals surface area contributed by atoms with Gasteiger partial charge in [-0.3, -0.25) is 4.79 Å². The summed E-state index contributed by atoms with van der Waals surface area (Å²) < 4.78 is 11.2. The lowest BCUT2D eigenvalue weighted by molar-refractivity contribution is 0.102. The molecule has 2 rings (SSSR count). The van der Waals surface area contributed by atoms with Crippen molar-refractivity contribution in [3.63, 3.8) is 0 Å². The minimum Gasteiger partial charge on any atom is -0.491 e. The molecule has 0 aliphatic heterocycles. The van der Waals surface area contributed by atoms with Crippen molar-refractivity contribution in [3.05, 3.63) is 66.2 Å². The highest BCUT2D eigenvalue weighted by atomic mass is 16.5. The Hall–Kier alpha value is -2.75. The zero-order valence-corrected chi connectivity index (χ0v) is 14.3.